The third-order valence-corrected chi connectivity index (χ3v) is 4.51. The van der Waals surface area contributed by atoms with Crippen molar-refractivity contribution in [2.45, 2.75) is 52.0 Å². The summed E-state index contributed by atoms with van der Waals surface area (Å²) in [6.45, 7) is 5.91. The van der Waals surface area contributed by atoms with Gasteiger partial charge in [-0.2, -0.15) is 0 Å². The highest BCUT2D eigenvalue weighted by molar-refractivity contribution is 5.83. The molecule has 3 atom stereocenters. The number of carbonyl (C=O) groups excluding carboxylic acids is 2. The topological polar surface area (TPSA) is 61.4 Å². The molecule has 0 aromatic heterocycles. The largest absolute Gasteiger partial charge is 0.355 e. The van der Waals surface area contributed by atoms with Crippen molar-refractivity contribution < 1.29 is 9.59 Å². The van der Waals surface area contributed by atoms with Crippen LogP contribution in [-0.2, 0) is 9.59 Å². The molecule has 1 aliphatic carbocycles. The molecule has 21 heavy (non-hydrogen) atoms. The van der Waals surface area contributed by atoms with Crippen LogP contribution >= 0.6 is 0 Å². The summed E-state index contributed by atoms with van der Waals surface area (Å²) in [7, 11) is 3.93. The van der Waals surface area contributed by atoms with Gasteiger partial charge < -0.3 is 15.5 Å². The van der Waals surface area contributed by atoms with E-state index in [9.17, 15) is 9.59 Å². The molecule has 0 spiro atoms. The summed E-state index contributed by atoms with van der Waals surface area (Å²) in [4.78, 5) is 25.6. The van der Waals surface area contributed by atoms with E-state index >= 15 is 0 Å². The lowest BCUT2D eigenvalue weighted by atomic mass is 9.78. The SMILES string of the molecule is C[C@H]1[C@H](C)CCC[C@@H]1NC(=O)CCC(=O)NCCN(C)C. The highest BCUT2D eigenvalue weighted by Gasteiger charge is 2.27. The first-order valence-corrected chi connectivity index (χ1v) is 8.11. The predicted octanol–water partition coefficient (Wildman–Crippen LogP) is 1.39. The number of likely N-dealkylation sites (N-methyl/N-ethyl adjacent to an activating group) is 1. The van der Waals surface area contributed by atoms with Gasteiger partial charge in [-0.3, -0.25) is 9.59 Å². The summed E-state index contributed by atoms with van der Waals surface area (Å²) in [5, 5.41) is 5.93. The molecule has 0 aromatic rings. The normalized spacial score (nSPS) is 25.7. The Balaban J connectivity index is 2.20. The first-order chi connectivity index (χ1) is 9.90. The Morgan fingerprint density at radius 2 is 1.76 bits per heavy atom. The van der Waals surface area contributed by atoms with Crippen molar-refractivity contribution in [3.63, 3.8) is 0 Å². The Morgan fingerprint density at radius 3 is 2.43 bits per heavy atom. The number of hydrogen-bond acceptors (Lipinski definition) is 3. The van der Waals surface area contributed by atoms with Gasteiger partial charge in [0.2, 0.25) is 11.8 Å². The fourth-order valence-corrected chi connectivity index (χ4v) is 2.80. The van der Waals surface area contributed by atoms with Gasteiger partial charge in [0.25, 0.3) is 0 Å². The molecule has 1 fully saturated rings. The molecule has 0 bridgehead atoms. The Morgan fingerprint density at radius 1 is 1.10 bits per heavy atom. The van der Waals surface area contributed by atoms with E-state index in [4.69, 9.17) is 0 Å². The Labute approximate surface area is 128 Å². The second kappa shape index (κ2) is 9.03. The van der Waals surface area contributed by atoms with Crippen LogP contribution in [-0.4, -0.2) is 49.9 Å². The molecule has 1 rings (SSSR count). The zero-order valence-corrected chi connectivity index (χ0v) is 13.9. The van der Waals surface area contributed by atoms with Gasteiger partial charge in [-0.05, 0) is 32.4 Å². The number of hydrogen-bond donors (Lipinski definition) is 2. The minimum atomic E-state index is -0.0444. The smallest absolute Gasteiger partial charge is 0.220 e. The Kier molecular flexibility index (Phi) is 7.72. The minimum absolute atomic E-state index is 0.00343. The second-order valence-corrected chi connectivity index (χ2v) is 6.59. The summed E-state index contributed by atoms with van der Waals surface area (Å²) in [5.74, 6) is 1.15. The van der Waals surface area contributed by atoms with Gasteiger partial charge in [-0.25, -0.2) is 0 Å². The highest BCUT2D eigenvalue weighted by atomic mass is 16.2. The molecular weight excluding hydrogens is 266 g/mol. The quantitative estimate of drug-likeness (QED) is 0.746. The van der Waals surface area contributed by atoms with E-state index in [0.717, 1.165) is 13.0 Å². The van der Waals surface area contributed by atoms with Gasteiger partial charge in [-0.15, -0.1) is 0 Å². The van der Waals surface area contributed by atoms with Gasteiger partial charge in [0.15, 0.2) is 0 Å². The highest BCUT2D eigenvalue weighted by Crippen LogP contribution is 2.29. The van der Waals surface area contributed by atoms with Crippen molar-refractivity contribution in [3.05, 3.63) is 0 Å². The van der Waals surface area contributed by atoms with Crippen LogP contribution in [0.4, 0.5) is 0 Å². The number of nitrogens with zero attached hydrogens (tertiary/aromatic N) is 1. The van der Waals surface area contributed by atoms with Crippen LogP contribution in [0.3, 0.4) is 0 Å². The molecule has 2 amide bonds. The monoisotopic (exact) mass is 297 g/mol. The van der Waals surface area contributed by atoms with E-state index in [-0.39, 0.29) is 30.7 Å². The molecule has 2 N–H and O–H groups in total. The minimum Gasteiger partial charge on any atom is -0.355 e. The molecule has 122 valence electrons. The summed E-state index contributed by atoms with van der Waals surface area (Å²) in [5.41, 5.74) is 0. The van der Waals surface area contributed by atoms with Crippen molar-refractivity contribution in [1.29, 1.82) is 0 Å². The van der Waals surface area contributed by atoms with E-state index < -0.39 is 0 Å². The van der Waals surface area contributed by atoms with Crippen molar-refractivity contribution in [3.8, 4) is 0 Å². The molecular formula is C16H31N3O2. The van der Waals surface area contributed by atoms with Crippen LogP contribution in [0.1, 0.15) is 46.0 Å². The van der Waals surface area contributed by atoms with E-state index in [2.05, 4.69) is 24.5 Å². The molecule has 0 heterocycles. The van der Waals surface area contributed by atoms with Gasteiger partial charge in [0.05, 0.1) is 0 Å². The molecule has 1 saturated carbocycles. The van der Waals surface area contributed by atoms with Crippen LogP contribution in [0.5, 0.6) is 0 Å². The summed E-state index contributed by atoms with van der Waals surface area (Å²) in [6, 6.07) is 0.276. The molecule has 0 unspecified atom stereocenters. The molecule has 0 aromatic carbocycles. The van der Waals surface area contributed by atoms with Crippen molar-refractivity contribution >= 4 is 11.8 Å². The van der Waals surface area contributed by atoms with Crippen LogP contribution in [0.25, 0.3) is 0 Å². The maximum Gasteiger partial charge on any atom is 0.220 e. The molecule has 0 aliphatic heterocycles. The van der Waals surface area contributed by atoms with Crippen LogP contribution < -0.4 is 10.6 Å². The third kappa shape index (κ3) is 6.93. The molecule has 1 aliphatic rings. The first kappa shape index (κ1) is 18.0. The Bertz CT molecular complexity index is 344. The lowest BCUT2D eigenvalue weighted by molar-refractivity contribution is -0.127. The van der Waals surface area contributed by atoms with E-state index in [1.807, 2.05) is 19.0 Å². The van der Waals surface area contributed by atoms with Crippen LogP contribution in [0, 0.1) is 11.8 Å². The fourth-order valence-electron chi connectivity index (χ4n) is 2.80. The first-order valence-electron chi connectivity index (χ1n) is 8.11. The van der Waals surface area contributed by atoms with E-state index in [1.165, 1.54) is 12.8 Å². The molecule has 0 radical (unpaired) electrons. The average Bonchev–Trinajstić information content (AvgIpc) is 2.41. The van der Waals surface area contributed by atoms with E-state index in [0.29, 0.717) is 18.4 Å². The predicted molar refractivity (Wildman–Crippen MR) is 84.9 cm³/mol. The van der Waals surface area contributed by atoms with Crippen LogP contribution in [0.15, 0.2) is 0 Å². The molecule has 0 saturated heterocycles. The number of carbonyl (C=O) groups is 2. The standard InChI is InChI=1S/C16H31N3O2/c1-12-6-5-7-14(13(12)2)18-16(21)9-8-15(20)17-10-11-19(3)4/h12-14H,5-11H2,1-4H3,(H,17,20)(H,18,21)/t12-,13+,14+/m1/s1. The second-order valence-electron chi connectivity index (χ2n) is 6.59. The molecule has 5 heteroatoms. The molecule has 5 nitrogen and oxygen atoms in total. The number of rotatable bonds is 7. The van der Waals surface area contributed by atoms with Crippen molar-refractivity contribution in [2.75, 3.05) is 27.2 Å². The summed E-state index contributed by atoms with van der Waals surface area (Å²) >= 11 is 0. The lowest BCUT2D eigenvalue weighted by Crippen LogP contribution is -2.44. The van der Waals surface area contributed by atoms with Gasteiger partial charge in [-0.1, -0.05) is 26.7 Å². The zero-order valence-electron chi connectivity index (χ0n) is 13.9. The summed E-state index contributed by atoms with van der Waals surface area (Å²) < 4.78 is 0. The van der Waals surface area contributed by atoms with Crippen LogP contribution in [0.2, 0.25) is 0 Å². The maximum absolute atomic E-state index is 12.0. The third-order valence-electron chi connectivity index (χ3n) is 4.51. The van der Waals surface area contributed by atoms with Gasteiger partial charge in [0, 0.05) is 32.0 Å². The fraction of sp³-hybridized carbons (Fsp3) is 0.875. The Hall–Kier alpha value is -1.10. The average molecular weight is 297 g/mol. The zero-order chi connectivity index (χ0) is 15.8. The maximum atomic E-state index is 12.0. The van der Waals surface area contributed by atoms with Crippen molar-refractivity contribution in [1.82, 2.24) is 15.5 Å². The summed E-state index contributed by atoms with van der Waals surface area (Å²) in [6.07, 6.45) is 4.05. The van der Waals surface area contributed by atoms with E-state index in [1.54, 1.807) is 0 Å². The lowest BCUT2D eigenvalue weighted by Gasteiger charge is -2.34. The number of amides is 2. The van der Waals surface area contributed by atoms with Crippen molar-refractivity contribution in [2.24, 2.45) is 11.8 Å². The van der Waals surface area contributed by atoms with Gasteiger partial charge >= 0.3 is 0 Å². The number of nitrogens with one attached hydrogen (secondary N) is 2. The van der Waals surface area contributed by atoms with Gasteiger partial charge in [0.1, 0.15) is 0 Å².